The number of hydrogen-bond donors (Lipinski definition) is 4. The molecule has 0 aliphatic carbocycles. The number of nitrogens with one attached hydrogen (secondary N) is 1. The first-order chi connectivity index (χ1) is 5.41. The molecule has 0 atom stereocenters. The summed E-state index contributed by atoms with van der Waals surface area (Å²) in [5.74, 6) is -4.47. The van der Waals surface area contributed by atoms with Crippen molar-refractivity contribution in [3.05, 3.63) is 0 Å². The van der Waals surface area contributed by atoms with Crippen molar-refractivity contribution >= 4 is 107 Å². The normalized spacial score (nSPS) is 6.20. The van der Waals surface area contributed by atoms with Crippen LogP contribution in [0, 0.1) is 0 Å². The zero-order chi connectivity index (χ0) is 10.1. The minimum atomic E-state index is -1.82. The first-order valence-corrected chi connectivity index (χ1v) is 2.74. The summed E-state index contributed by atoms with van der Waals surface area (Å²) in [5.41, 5.74) is 0. The van der Waals surface area contributed by atoms with Crippen LogP contribution >= 0.6 is 0 Å². The summed E-state index contributed by atoms with van der Waals surface area (Å²) in [7, 11) is 1.59. The summed E-state index contributed by atoms with van der Waals surface area (Å²) >= 11 is 0. The second kappa shape index (κ2) is 20.7. The minimum absolute atomic E-state index is 0. The summed E-state index contributed by atoms with van der Waals surface area (Å²) in [4.78, 5) is 27.7. The number of carboxylic acid groups (broad SMARTS) is 3. The third-order valence-corrected chi connectivity index (χ3v) is 0.511. The van der Waals surface area contributed by atoms with Crippen molar-refractivity contribution in [2.75, 3.05) is 13.6 Å². The molecule has 7 nitrogen and oxygen atoms in total. The second-order valence-electron chi connectivity index (χ2n) is 1.53. The molecule has 0 saturated carbocycles. The van der Waals surface area contributed by atoms with Crippen LogP contribution < -0.4 is 5.32 Å². The zero-order valence-electron chi connectivity index (χ0n) is 9.27. The Morgan fingerprint density at radius 2 is 1.20 bits per heavy atom. The smallest absolute Gasteiger partial charge is 0.414 e. The van der Waals surface area contributed by atoms with E-state index < -0.39 is 17.9 Å². The largest absolute Gasteiger partial charge is 0.480 e. The second-order valence-corrected chi connectivity index (χ2v) is 1.53. The van der Waals surface area contributed by atoms with Crippen LogP contribution in [0.5, 0.6) is 0 Å². The Morgan fingerprint density at radius 1 is 0.933 bits per heavy atom. The third kappa shape index (κ3) is 39.2. The molecule has 0 rings (SSSR count). The molecule has 0 bridgehead atoms. The van der Waals surface area contributed by atoms with E-state index in [0.717, 1.165) is 0 Å². The molecule has 0 saturated heterocycles. The first kappa shape index (κ1) is 29.9. The van der Waals surface area contributed by atoms with Gasteiger partial charge < -0.3 is 20.6 Å². The number of carbonyl (C=O) groups is 3. The number of rotatable bonds is 2. The molecule has 0 spiro atoms. The van der Waals surface area contributed by atoms with E-state index in [1.165, 1.54) is 0 Å². The zero-order valence-corrected chi connectivity index (χ0v) is 15.3. The minimum Gasteiger partial charge on any atom is -0.480 e. The molecule has 10 heteroatoms. The van der Waals surface area contributed by atoms with Crippen molar-refractivity contribution in [3.63, 3.8) is 0 Å². The number of likely N-dealkylation sites (N-methyl/N-ethyl adjacent to an activating group) is 1. The van der Waals surface area contributed by atoms with Crippen molar-refractivity contribution in [3.8, 4) is 0 Å². The van der Waals surface area contributed by atoms with Gasteiger partial charge >= 0.3 is 17.9 Å². The van der Waals surface area contributed by atoms with Crippen LogP contribution in [-0.2, 0) is 14.4 Å². The van der Waals surface area contributed by atoms with Gasteiger partial charge in [0.2, 0.25) is 0 Å². The monoisotopic (exact) mass is 248 g/mol. The SMILES string of the molecule is CNCC(=O)O.O=C(O)C(=O)O.[Na].[Na].[Na]. The van der Waals surface area contributed by atoms with Crippen LogP contribution in [0.25, 0.3) is 0 Å². The molecule has 0 aromatic carbocycles. The molecule has 0 unspecified atom stereocenters. The average Bonchev–Trinajstić information content (AvgIpc) is 1.87. The van der Waals surface area contributed by atoms with Gasteiger partial charge in [-0.2, -0.15) is 0 Å². The van der Waals surface area contributed by atoms with Crippen molar-refractivity contribution < 1.29 is 29.7 Å². The molecule has 15 heavy (non-hydrogen) atoms. The maximum absolute atomic E-state index is 9.54. The van der Waals surface area contributed by atoms with E-state index in [-0.39, 0.29) is 95.2 Å². The molecule has 0 aromatic heterocycles. The van der Waals surface area contributed by atoms with Crippen LogP contribution in [0.15, 0.2) is 0 Å². The summed E-state index contributed by atoms with van der Waals surface area (Å²) in [6.07, 6.45) is 0. The first-order valence-electron chi connectivity index (χ1n) is 2.74. The fourth-order valence-corrected chi connectivity index (χ4v) is 0.151. The summed E-state index contributed by atoms with van der Waals surface area (Å²) in [6, 6.07) is 0. The van der Waals surface area contributed by atoms with Crippen LogP contribution in [-0.4, -0.2) is 135 Å². The summed E-state index contributed by atoms with van der Waals surface area (Å²) in [5, 5.41) is 25.1. The molecular formula is C5H9NNa3O6. The van der Waals surface area contributed by atoms with Gasteiger partial charge in [-0.05, 0) is 7.05 Å². The average molecular weight is 248 g/mol. The van der Waals surface area contributed by atoms with Crippen molar-refractivity contribution in [2.45, 2.75) is 0 Å². The van der Waals surface area contributed by atoms with Gasteiger partial charge in [0.25, 0.3) is 0 Å². The maximum Gasteiger partial charge on any atom is 0.414 e. The predicted octanol–water partition coefficient (Wildman–Crippen LogP) is -2.70. The van der Waals surface area contributed by atoms with Gasteiger partial charge in [0.05, 0.1) is 6.54 Å². The number of carboxylic acids is 3. The Hall–Kier alpha value is 1.37. The molecule has 0 aliphatic rings. The standard InChI is InChI=1S/C3H7NO2.C2H2O4.3Na/c1-4-2-3(5)6;3-1(4)2(5)6;;;/h4H,2H2,1H3,(H,5,6);(H,3,4)(H,5,6);;;. The molecule has 0 amide bonds. The van der Waals surface area contributed by atoms with E-state index in [1.54, 1.807) is 7.05 Å². The van der Waals surface area contributed by atoms with Crippen molar-refractivity contribution in [1.29, 1.82) is 0 Å². The number of aliphatic carboxylic acids is 3. The molecule has 0 aromatic rings. The summed E-state index contributed by atoms with van der Waals surface area (Å²) in [6.45, 7) is 0.0417. The quantitative estimate of drug-likeness (QED) is 0.309. The Labute approximate surface area is 153 Å². The van der Waals surface area contributed by atoms with E-state index in [9.17, 15) is 4.79 Å². The Balaban J connectivity index is -0.0000000370. The molecule has 0 heterocycles. The molecule has 0 aliphatic heterocycles. The third-order valence-electron chi connectivity index (χ3n) is 0.511. The van der Waals surface area contributed by atoms with Crippen molar-refractivity contribution in [2.24, 2.45) is 0 Å². The molecule has 73 valence electrons. The maximum atomic E-state index is 9.54. The predicted molar refractivity (Wildman–Crippen MR) is 54.1 cm³/mol. The van der Waals surface area contributed by atoms with E-state index in [4.69, 9.17) is 24.9 Å². The molecule has 3 radical (unpaired) electrons. The van der Waals surface area contributed by atoms with E-state index in [2.05, 4.69) is 5.32 Å². The fraction of sp³-hybridized carbons (Fsp3) is 0.400. The van der Waals surface area contributed by atoms with E-state index in [1.807, 2.05) is 0 Å². The van der Waals surface area contributed by atoms with E-state index in [0.29, 0.717) is 0 Å². The molecular weight excluding hydrogens is 239 g/mol. The van der Waals surface area contributed by atoms with Crippen LogP contribution in [0.1, 0.15) is 0 Å². The Kier molecular flexibility index (Phi) is 41.4. The molecule has 4 N–H and O–H groups in total. The van der Waals surface area contributed by atoms with Crippen LogP contribution in [0.4, 0.5) is 0 Å². The van der Waals surface area contributed by atoms with Gasteiger partial charge in [-0.25, -0.2) is 9.59 Å². The van der Waals surface area contributed by atoms with Gasteiger partial charge in [0.15, 0.2) is 0 Å². The fourth-order valence-electron chi connectivity index (χ4n) is 0.151. The van der Waals surface area contributed by atoms with Gasteiger partial charge in [0, 0.05) is 88.7 Å². The van der Waals surface area contributed by atoms with Crippen molar-refractivity contribution in [1.82, 2.24) is 5.32 Å². The summed E-state index contributed by atoms with van der Waals surface area (Å²) < 4.78 is 0. The van der Waals surface area contributed by atoms with Crippen LogP contribution in [0.3, 0.4) is 0 Å². The van der Waals surface area contributed by atoms with Gasteiger partial charge in [-0.1, -0.05) is 0 Å². The topological polar surface area (TPSA) is 124 Å². The molecule has 0 fully saturated rings. The van der Waals surface area contributed by atoms with Gasteiger partial charge in [-0.15, -0.1) is 0 Å². The van der Waals surface area contributed by atoms with E-state index >= 15 is 0 Å². The van der Waals surface area contributed by atoms with Gasteiger partial charge in [-0.3, -0.25) is 4.79 Å². The Morgan fingerprint density at radius 3 is 1.20 bits per heavy atom. The Bertz CT molecular complexity index is 176. The number of hydrogen-bond acceptors (Lipinski definition) is 4. The van der Waals surface area contributed by atoms with Crippen LogP contribution in [0.2, 0.25) is 0 Å². The van der Waals surface area contributed by atoms with Gasteiger partial charge in [0.1, 0.15) is 0 Å².